The summed E-state index contributed by atoms with van der Waals surface area (Å²) in [6, 6.07) is 2.02. The Morgan fingerprint density at radius 2 is 2.17 bits per heavy atom. The van der Waals surface area contributed by atoms with Crippen LogP contribution in [0.25, 0.3) is 0 Å². The Labute approximate surface area is 109 Å². The minimum Gasteiger partial charge on any atom is -0.309 e. The van der Waals surface area contributed by atoms with Gasteiger partial charge in [-0.15, -0.1) is 0 Å². The second-order valence-electron chi connectivity index (χ2n) is 5.68. The second kappa shape index (κ2) is 5.33. The van der Waals surface area contributed by atoms with Crippen molar-refractivity contribution in [3.63, 3.8) is 0 Å². The lowest BCUT2D eigenvalue weighted by atomic mass is 9.80. The van der Waals surface area contributed by atoms with E-state index in [1.807, 2.05) is 12.3 Å². The molecule has 4 nitrogen and oxygen atoms in total. The van der Waals surface area contributed by atoms with Gasteiger partial charge in [0, 0.05) is 37.9 Å². The SMILES string of the molecule is c1cc(CN2CCNC3(CCCCC3)C2)ncn1. The van der Waals surface area contributed by atoms with E-state index in [9.17, 15) is 0 Å². The molecule has 1 aromatic rings. The Hall–Kier alpha value is -1.00. The fraction of sp³-hybridized carbons (Fsp3) is 0.714. The molecule has 98 valence electrons. The number of nitrogens with zero attached hydrogens (tertiary/aromatic N) is 3. The lowest BCUT2D eigenvalue weighted by molar-refractivity contribution is 0.0936. The van der Waals surface area contributed by atoms with E-state index in [-0.39, 0.29) is 0 Å². The zero-order valence-corrected chi connectivity index (χ0v) is 10.9. The monoisotopic (exact) mass is 246 g/mol. The Morgan fingerprint density at radius 1 is 1.28 bits per heavy atom. The van der Waals surface area contributed by atoms with Crippen molar-refractivity contribution < 1.29 is 0 Å². The highest BCUT2D eigenvalue weighted by Gasteiger charge is 2.35. The summed E-state index contributed by atoms with van der Waals surface area (Å²) >= 11 is 0. The highest BCUT2D eigenvalue weighted by molar-refractivity contribution is 5.01. The molecule has 1 saturated heterocycles. The zero-order valence-electron chi connectivity index (χ0n) is 10.9. The topological polar surface area (TPSA) is 41.0 Å². The molecular weight excluding hydrogens is 224 g/mol. The maximum Gasteiger partial charge on any atom is 0.115 e. The second-order valence-corrected chi connectivity index (χ2v) is 5.68. The third-order valence-corrected chi connectivity index (χ3v) is 4.29. The van der Waals surface area contributed by atoms with Gasteiger partial charge >= 0.3 is 0 Å². The van der Waals surface area contributed by atoms with Crippen molar-refractivity contribution in [2.75, 3.05) is 19.6 Å². The van der Waals surface area contributed by atoms with Gasteiger partial charge in [0.2, 0.25) is 0 Å². The molecule has 3 rings (SSSR count). The van der Waals surface area contributed by atoms with Gasteiger partial charge in [0.1, 0.15) is 6.33 Å². The van der Waals surface area contributed by atoms with Crippen molar-refractivity contribution in [3.05, 3.63) is 24.3 Å². The highest BCUT2D eigenvalue weighted by Crippen LogP contribution is 2.30. The molecule has 1 saturated carbocycles. The molecule has 2 heterocycles. The zero-order chi connectivity index (χ0) is 12.3. The van der Waals surface area contributed by atoms with Crippen LogP contribution >= 0.6 is 0 Å². The molecule has 0 aromatic carbocycles. The standard InChI is InChI=1S/C14H22N4/c1-2-5-14(6-3-1)11-18(9-8-17-14)10-13-4-7-15-12-16-13/h4,7,12,17H,1-3,5-6,8-11H2. The summed E-state index contributed by atoms with van der Waals surface area (Å²) < 4.78 is 0. The first-order valence-electron chi connectivity index (χ1n) is 7.09. The van der Waals surface area contributed by atoms with E-state index in [0.717, 1.165) is 25.3 Å². The summed E-state index contributed by atoms with van der Waals surface area (Å²) in [6.07, 6.45) is 10.3. The van der Waals surface area contributed by atoms with Gasteiger partial charge in [-0.25, -0.2) is 9.97 Å². The number of hydrogen-bond donors (Lipinski definition) is 1. The molecule has 0 radical (unpaired) electrons. The molecule has 1 aliphatic carbocycles. The number of nitrogens with one attached hydrogen (secondary N) is 1. The number of rotatable bonds is 2. The predicted octanol–water partition coefficient (Wildman–Crippen LogP) is 1.58. The van der Waals surface area contributed by atoms with Gasteiger partial charge in [-0.3, -0.25) is 4.90 Å². The van der Waals surface area contributed by atoms with Gasteiger partial charge in [-0.1, -0.05) is 19.3 Å². The summed E-state index contributed by atoms with van der Waals surface area (Å²) in [5.41, 5.74) is 1.53. The Kier molecular flexibility index (Phi) is 3.57. The van der Waals surface area contributed by atoms with Crippen molar-refractivity contribution >= 4 is 0 Å². The van der Waals surface area contributed by atoms with E-state index in [2.05, 4.69) is 20.2 Å². The largest absolute Gasteiger partial charge is 0.309 e. The Bertz CT molecular complexity index is 367. The van der Waals surface area contributed by atoms with Crippen LogP contribution in [0.15, 0.2) is 18.6 Å². The molecular formula is C14H22N4. The molecule has 0 atom stereocenters. The summed E-state index contributed by atoms with van der Waals surface area (Å²) in [6.45, 7) is 4.39. The average Bonchev–Trinajstić information content (AvgIpc) is 2.41. The van der Waals surface area contributed by atoms with Gasteiger partial charge in [0.15, 0.2) is 0 Å². The fourth-order valence-electron chi connectivity index (χ4n) is 3.38. The molecule has 1 spiro atoms. The first kappa shape index (κ1) is 12.1. The molecule has 0 unspecified atom stereocenters. The molecule has 4 heteroatoms. The summed E-state index contributed by atoms with van der Waals surface area (Å²) in [5.74, 6) is 0. The van der Waals surface area contributed by atoms with E-state index < -0.39 is 0 Å². The first-order valence-corrected chi connectivity index (χ1v) is 7.09. The molecule has 1 N–H and O–H groups in total. The summed E-state index contributed by atoms with van der Waals surface area (Å²) in [7, 11) is 0. The predicted molar refractivity (Wildman–Crippen MR) is 71.1 cm³/mol. The number of aromatic nitrogens is 2. The molecule has 18 heavy (non-hydrogen) atoms. The number of piperazine rings is 1. The van der Waals surface area contributed by atoms with Crippen molar-refractivity contribution in [1.82, 2.24) is 20.2 Å². The maximum atomic E-state index is 4.33. The van der Waals surface area contributed by atoms with E-state index in [1.165, 1.54) is 38.6 Å². The lowest BCUT2D eigenvalue weighted by Crippen LogP contribution is -2.60. The highest BCUT2D eigenvalue weighted by atomic mass is 15.2. The average molecular weight is 246 g/mol. The van der Waals surface area contributed by atoms with Crippen LogP contribution in [-0.2, 0) is 6.54 Å². The molecule has 2 aliphatic rings. The van der Waals surface area contributed by atoms with Gasteiger partial charge in [-0.05, 0) is 18.9 Å². The first-order chi connectivity index (χ1) is 8.86. The molecule has 1 aromatic heterocycles. The van der Waals surface area contributed by atoms with Crippen LogP contribution in [0.5, 0.6) is 0 Å². The van der Waals surface area contributed by atoms with Gasteiger partial charge < -0.3 is 5.32 Å². The third kappa shape index (κ3) is 2.70. The smallest absolute Gasteiger partial charge is 0.115 e. The summed E-state index contributed by atoms with van der Waals surface area (Å²) in [5, 5.41) is 3.78. The van der Waals surface area contributed by atoms with Gasteiger partial charge in [-0.2, -0.15) is 0 Å². The van der Waals surface area contributed by atoms with Crippen molar-refractivity contribution in [1.29, 1.82) is 0 Å². The molecule has 1 aliphatic heterocycles. The van der Waals surface area contributed by atoms with Crippen molar-refractivity contribution in [3.8, 4) is 0 Å². The van der Waals surface area contributed by atoms with Crippen LogP contribution in [0.2, 0.25) is 0 Å². The van der Waals surface area contributed by atoms with E-state index in [4.69, 9.17) is 0 Å². The fourth-order valence-corrected chi connectivity index (χ4v) is 3.38. The van der Waals surface area contributed by atoms with Gasteiger partial charge in [0.05, 0.1) is 5.69 Å². The van der Waals surface area contributed by atoms with E-state index in [0.29, 0.717) is 5.54 Å². The van der Waals surface area contributed by atoms with Crippen LogP contribution in [0.4, 0.5) is 0 Å². The quantitative estimate of drug-likeness (QED) is 0.860. The number of hydrogen-bond acceptors (Lipinski definition) is 4. The van der Waals surface area contributed by atoms with Crippen LogP contribution in [-0.4, -0.2) is 40.0 Å². The third-order valence-electron chi connectivity index (χ3n) is 4.29. The normalized spacial score (nSPS) is 24.2. The van der Waals surface area contributed by atoms with Crippen LogP contribution in [0, 0.1) is 0 Å². The van der Waals surface area contributed by atoms with Gasteiger partial charge in [0.25, 0.3) is 0 Å². The van der Waals surface area contributed by atoms with E-state index >= 15 is 0 Å². The maximum absolute atomic E-state index is 4.33. The van der Waals surface area contributed by atoms with E-state index in [1.54, 1.807) is 6.33 Å². The molecule has 0 amide bonds. The Balaban J connectivity index is 1.63. The molecule has 2 fully saturated rings. The van der Waals surface area contributed by atoms with Crippen LogP contribution in [0.3, 0.4) is 0 Å². The van der Waals surface area contributed by atoms with Crippen LogP contribution in [0.1, 0.15) is 37.8 Å². The molecule has 0 bridgehead atoms. The minimum absolute atomic E-state index is 0.392. The van der Waals surface area contributed by atoms with Crippen molar-refractivity contribution in [2.45, 2.75) is 44.2 Å². The minimum atomic E-state index is 0.392. The Morgan fingerprint density at radius 3 is 2.94 bits per heavy atom. The van der Waals surface area contributed by atoms with Crippen molar-refractivity contribution in [2.24, 2.45) is 0 Å². The summed E-state index contributed by atoms with van der Waals surface area (Å²) in [4.78, 5) is 10.9. The van der Waals surface area contributed by atoms with Crippen LogP contribution < -0.4 is 5.32 Å². The lowest BCUT2D eigenvalue weighted by Gasteiger charge is -2.46.